The third-order valence-corrected chi connectivity index (χ3v) is 3.23. The van der Waals surface area contributed by atoms with Crippen LogP contribution in [-0.2, 0) is 12.8 Å². The third-order valence-electron chi connectivity index (χ3n) is 2.11. The SMILES string of the molecule is Cc1nc(CCc2ccco2)sc1C#N. The van der Waals surface area contributed by atoms with Gasteiger partial charge in [0.1, 0.15) is 16.7 Å². The van der Waals surface area contributed by atoms with Crippen LogP contribution >= 0.6 is 11.3 Å². The van der Waals surface area contributed by atoms with Crippen LogP contribution in [0.25, 0.3) is 0 Å². The molecule has 0 aromatic carbocycles. The van der Waals surface area contributed by atoms with Gasteiger partial charge in [-0.2, -0.15) is 5.26 Å². The number of hydrogen-bond donors (Lipinski definition) is 0. The van der Waals surface area contributed by atoms with E-state index in [1.54, 1.807) is 6.26 Å². The summed E-state index contributed by atoms with van der Waals surface area (Å²) in [5.41, 5.74) is 0.831. The van der Waals surface area contributed by atoms with Crippen molar-refractivity contribution in [1.29, 1.82) is 5.26 Å². The first-order chi connectivity index (χ1) is 7.29. The summed E-state index contributed by atoms with van der Waals surface area (Å²) in [5, 5.41) is 9.79. The summed E-state index contributed by atoms with van der Waals surface area (Å²) in [6.45, 7) is 1.87. The van der Waals surface area contributed by atoms with Gasteiger partial charge in [-0.15, -0.1) is 11.3 Å². The standard InChI is InChI=1S/C11H10N2OS/c1-8-10(7-12)15-11(13-8)5-4-9-3-2-6-14-9/h2-3,6H,4-5H2,1H3. The van der Waals surface area contributed by atoms with Gasteiger partial charge in [0.05, 0.1) is 17.0 Å². The van der Waals surface area contributed by atoms with Crippen LogP contribution in [0.1, 0.15) is 21.3 Å². The summed E-state index contributed by atoms with van der Waals surface area (Å²) in [5.74, 6) is 0.960. The second-order valence-electron chi connectivity index (χ2n) is 3.21. The van der Waals surface area contributed by atoms with Gasteiger partial charge in [-0.25, -0.2) is 4.98 Å². The van der Waals surface area contributed by atoms with E-state index in [0.717, 1.165) is 29.3 Å². The van der Waals surface area contributed by atoms with Crippen LogP contribution in [0.5, 0.6) is 0 Å². The fourth-order valence-corrected chi connectivity index (χ4v) is 2.21. The van der Waals surface area contributed by atoms with Crippen molar-refractivity contribution < 1.29 is 4.42 Å². The van der Waals surface area contributed by atoms with Crippen molar-refractivity contribution in [3.63, 3.8) is 0 Å². The highest BCUT2D eigenvalue weighted by atomic mass is 32.1. The van der Waals surface area contributed by atoms with Crippen LogP contribution in [0.2, 0.25) is 0 Å². The van der Waals surface area contributed by atoms with Gasteiger partial charge in [0, 0.05) is 12.8 Å². The molecular formula is C11H10N2OS. The lowest BCUT2D eigenvalue weighted by molar-refractivity contribution is 0.508. The van der Waals surface area contributed by atoms with E-state index in [4.69, 9.17) is 9.68 Å². The molecule has 2 heterocycles. The lowest BCUT2D eigenvalue weighted by Crippen LogP contribution is -1.88. The Balaban J connectivity index is 2.03. The number of rotatable bonds is 3. The first kappa shape index (κ1) is 9.94. The van der Waals surface area contributed by atoms with Crippen molar-refractivity contribution in [3.8, 4) is 6.07 Å². The smallest absolute Gasteiger partial charge is 0.127 e. The molecule has 3 nitrogen and oxygen atoms in total. The second-order valence-corrected chi connectivity index (χ2v) is 4.30. The molecule has 0 bridgehead atoms. The molecule has 0 saturated carbocycles. The highest BCUT2D eigenvalue weighted by Gasteiger charge is 2.07. The molecule has 0 aliphatic carbocycles. The Morgan fingerprint density at radius 3 is 3.00 bits per heavy atom. The Morgan fingerprint density at radius 1 is 1.53 bits per heavy atom. The van der Waals surface area contributed by atoms with E-state index in [-0.39, 0.29) is 0 Å². The zero-order chi connectivity index (χ0) is 10.7. The van der Waals surface area contributed by atoms with Crippen LogP contribution < -0.4 is 0 Å². The summed E-state index contributed by atoms with van der Waals surface area (Å²) >= 11 is 1.47. The lowest BCUT2D eigenvalue weighted by atomic mass is 10.2. The maximum absolute atomic E-state index is 8.79. The second kappa shape index (κ2) is 4.28. The lowest BCUT2D eigenvalue weighted by Gasteiger charge is -1.92. The average molecular weight is 218 g/mol. The van der Waals surface area contributed by atoms with Crippen molar-refractivity contribution in [2.75, 3.05) is 0 Å². The van der Waals surface area contributed by atoms with Crippen LogP contribution in [0.4, 0.5) is 0 Å². The van der Waals surface area contributed by atoms with E-state index in [0.29, 0.717) is 4.88 Å². The molecule has 15 heavy (non-hydrogen) atoms. The van der Waals surface area contributed by atoms with E-state index in [2.05, 4.69) is 11.1 Å². The Morgan fingerprint density at radius 2 is 2.40 bits per heavy atom. The van der Waals surface area contributed by atoms with E-state index < -0.39 is 0 Å². The molecule has 4 heteroatoms. The van der Waals surface area contributed by atoms with E-state index in [1.165, 1.54) is 11.3 Å². The zero-order valence-electron chi connectivity index (χ0n) is 8.36. The number of thiazole rings is 1. The van der Waals surface area contributed by atoms with Crippen LogP contribution in [0.3, 0.4) is 0 Å². The third kappa shape index (κ3) is 2.25. The largest absolute Gasteiger partial charge is 0.469 e. The Labute approximate surface area is 92.0 Å². The Bertz CT molecular complexity index is 479. The number of hydrogen-bond acceptors (Lipinski definition) is 4. The van der Waals surface area contributed by atoms with Crippen molar-refractivity contribution >= 4 is 11.3 Å². The van der Waals surface area contributed by atoms with Gasteiger partial charge < -0.3 is 4.42 Å². The van der Waals surface area contributed by atoms with Crippen LogP contribution in [0, 0.1) is 18.3 Å². The van der Waals surface area contributed by atoms with Crippen molar-refractivity contribution in [1.82, 2.24) is 4.98 Å². The summed E-state index contributed by atoms with van der Waals surface area (Å²) in [7, 11) is 0. The van der Waals surface area contributed by atoms with E-state index in [9.17, 15) is 0 Å². The summed E-state index contributed by atoms with van der Waals surface area (Å²) < 4.78 is 5.23. The topological polar surface area (TPSA) is 49.8 Å². The van der Waals surface area contributed by atoms with E-state index >= 15 is 0 Å². The van der Waals surface area contributed by atoms with Crippen molar-refractivity contribution in [2.45, 2.75) is 19.8 Å². The Kier molecular flexibility index (Phi) is 2.84. The number of aromatic nitrogens is 1. The van der Waals surface area contributed by atoms with Crippen molar-refractivity contribution in [2.24, 2.45) is 0 Å². The molecule has 76 valence electrons. The average Bonchev–Trinajstić information content (AvgIpc) is 2.83. The maximum atomic E-state index is 8.79. The molecule has 0 unspecified atom stereocenters. The molecule has 0 atom stereocenters. The molecule has 0 amide bonds. The molecule has 2 aromatic heterocycles. The van der Waals surface area contributed by atoms with Gasteiger partial charge in [-0.3, -0.25) is 0 Å². The van der Waals surface area contributed by atoms with Gasteiger partial charge in [-0.1, -0.05) is 0 Å². The predicted octanol–water partition coefficient (Wildman–Crippen LogP) is 2.70. The number of nitrogens with zero attached hydrogens (tertiary/aromatic N) is 2. The number of nitriles is 1. The molecular weight excluding hydrogens is 208 g/mol. The van der Waals surface area contributed by atoms with Gasteiger partial charge in [-0.05, 0) is 19.1 Å². The highest BCUT2D eigenvalue weighted by molar-refractivity contribution is 7.12. The first-order valence-corrected chi connectivity index (χ1v) is 5.50. The molecule has 0 radical (unpaired) electrons. The molecule has 2 rings (SSSR count). The fourth-order valence-electron chi connectivity index (χ4n) is 1.35. The molecule has 2 aromatic rings. The predicted molar refractivity (Wildman–Crippen MR) is 57.7 cm³/mol. The van der Waals surface area contributed by atoms with Crippen LogP contribution in [0.15, 0.2) is 22.8 Å². The van der Waals surface area contributed by atoms with Gasteiger partial charge >= 0.3 is 0 Å². The summed E-state index contributed by atoms with van der Waals surface area (Å²) in [6, 6.07) is 5.97. The number of furan rings is 1. The Hall–Kier alpha value is -1.60. The number of aryl methyl sites for hydroxylation is 3. The maximum Gasteiger partial charge on any atom is 0.127 e. The van der Waals surface area contributed by atoms with E-state index in [1.807, 2.05) is 19.1 Å². The quantitative estimate of drug-likeness (QED) is 0.795. The van der Waals surface area contributed by atoms with Gasteiger partial charge in [0.25, 0.3) is 0 Å². The minimum absolute atomic E-state index is 0.712. The molecule has 0 aliphatic heterocycles. The van der Waals surface area contributed by atoms with Gasteiger partial charge in [0.15, 0.2) is 0 Å². The molecule has 0 N–H and O–H groups in total. The first-order valence-electron chi connectivity index (χ1n) is 4.68. The molecule has 0 aliphatic rings. The molecule has 0 spiro atoms. The summed E-state index contributed by atoms with van der Waals surface area (Å²) in [4.78, 5) is 5.05. The normalized spacial score (nSPS) is 10.1. The minimum atomic E-state index is 0.712. The fraction of sp³-hybridized carbons (Fsp3) is 0.273. The minimum Gasteiger partial charge on any atom is -0.469 e. The molecule has 0 saturated heterocycles. The van der Waals surface area contributed by atoms with Crippen molar-refractivity contribution in [3.05, 3.63) is 39.7 Å². The summed E-state index contributed by atoms with van der Waals surface area (Å²) in [6.07, 6.45) is 3.34. The highest BCUT2D eigenvalue weighted by Crippen LogP contribution is 2.18. The molecule has 0 fully saturated rings. The zero-order valence-corrected chi connectivity index (χ0v) is 9.17. The van der Waals surface area contributed by atoms with Crippen LogP contribution in [-0.4, -0.2) is 4.98 Å². The monoisotopic (exact) mass is 218 g/mol. The van der Waals surface area contributed by atoms with Gasteiger partial charge in [0.2, 0.25) is 0 Å².